The lowest BCUT2D eigenvalue weighted by molar-refractivity contribution is 0.599. The number of nitrogens with zero attached hydrogens (tertiary/aromatic N) is 3. The van der Waals surface area contributed by atoms with Crippen LogP contribution in [-0.2, 0) is 16.6 Å². The van der Waals surface area contributed by atoms with Gasteiger partial charge in [0, 0.05) is 31.5 Å². The second-order valence-electron chi connectivity index (χ2n) is 6.48. The molecule has 1 aromatic carbocycles. The molecule has 2 aromatic rings. The van der Waals surface area contributed by atoms with Crippen molar-refractivity contribution in [3.8, 4) is 0 Å². The molecule has 0 amide bonds. The third-order valence-corrected chi connectivity index (χ3v) is 6.44. The first kappa shape index (κ1) is 16.1. The highest BCUT2D eigenvalue weighted by atomic mass is 32.2. The van der Waals surface area contributed by atoms with E-state index in [1.54, 1.807) is 23.0 Å². The quantitative estimate of drug-likeness (QED) is 0.878. The van der Waals surface area contributed by atoms with Crippen LogP contribution < -0.4 is 15.2 Å². The molecule has 0 radical (unpaired) electrons. The molecule has 25 heavy (non-hydrogen) atoms. The molecule has 0 atom stereocenters. The van der Waals surface area contributed by atoms with Crippen molar-refractivity contribution in [3.05, 3.63) is 52.6 Å². The van der Waals surface area contributed by atoms with Crippen LogP contribution >= 0.6 is 0 Å². The first-order chi connectivity index (χ1) is 12.0. The Bertz CT molecular complexity index is 950. The van der Waals surface area contributed by atoms with Gasteiger partial charge in [-0.25, -0.2) is 13.4 Å². The minimum Gasteiger partial charge on any atom is -0.361 e. The van der Waals surface area contributed by atoms with E-state index in [4.69, 9.17) is 0 Å². The summed E-state index contributed by atoms with van der Waals surface area (Å²) >= 11 is 0. The van der Waals surface area contributed by atoms with Crippen LogP contribution in [0.3, 0.4) is 0 Å². The highest BCUT2D eigenvalue weighted by Gasteiger charge is 2.28. The van der Waals surface area contributed by atoms with Gasteiger partial charge in [-0.05, 0) is 37.0 Å². The first-order valence-corrected chi connectivity index (χ1v) is 10.1. The molecule has 7 nitrogen and oxygen atoms in total. The molecule has 0 unspecified atom stereocenters. The van der Waals surface area contributed by atoms with E-state index in [0.717, 1.165) is 18.4 Å². The molecule has 1 N–H and O–H groups in total. The number of hydrogen-bond donors (Lipinski definition) is 1. The van der Waals surface area contributed by atoms with Crippen molar-refractivity contribution in [2.45, 2.75) is 31.8 Å². The Balaban J connectivity index is 1.52. The Morgan fingerprint density at radius 1 is 1.28 bits per heavy atom. The van der Waals surface area contributed by atoms with Gasteiger partial charge in [-0.1, -0.05) is 12.1 Å². The maximum atomic E-state index is 12.4. The summed E-state index contributed by atoms with van der Waals surface area (Å²) in [6.45, 7) is 0.935. The maximum Gasteiger partial charge on any atom is 0.293 e. The SMILES string of the molecule is O=c1c(NCc2cccc(N3CCCS3(=O)=O)c2)nccn1C1CC1. The molecule has 1 aromatic heterocycles. The van der Waals surface area contributed by atoms with Gasteiger partial charge in [-0.2, -0.15) is 0 Å². The lowest BCUT2D eigenvalue weighted by Gasteiger charge is -2.17. The molecule has 2 fully saturated rings. The third kappa shape index (κ3) is 3.26. The molecule has 2 aliphatic rings. The van der Waals surface area contributed by atoms with Gasteiger partial charge in [0.25, 0.3) is 5.56 Å². The van der Waals surface area contributed by atoms with Gasteiger partial charge in [0.2, 0.25) is 10.0 Å². The highest BCUT2D eigenvalue weighted by Crippen LogP contribution is 2.33. The van der Waals surface area contributed by atoms with Crippen molar-refractivity contribution in [1.82, 2.24) is 9.55 Å². The molecule has 1 aliphatic carbocycles. The highest BCUT2D eigenvalue weighted by molar-refractivity contribution is 7.93. The van der Waals surface area contributed by atoms with E-state index in [-0.39, 0.29) is 11.3 Å². The van der Waals surface area contributed by atoms with Crippen LogP contribution in [0, 0.1) is 0 Å². The van der Waals surface area contributed by atoms with Gasteiger partial charge >= 0.3 is 0 Å². The van der Waals surface area contributed by atoms with Gasteiger partial charge in [-0.15, -0.1) is 0 Å². The van der Waals surface area contributed by atoms with E-state index in [0.29, 0.717) is 37.1 Å². The minimum absolute atomic E-state index is 0.108. The van der Waals surface area contributed by atoms with Crippen molar-refractivity contribution in [2.75, 3.05) is 21.9 Å². The summed E-state index contributed by atoms with van der Waals surface area (Å²) in [5.74, 6) is 0.526. The zero-order valence-electron chi connectivity index (χ0n) is 13.8. The van der Waals surface area contributed by atoms with Crippen LogP contribution in [0.2, 0.25) is 0 Å². The van der Waals surface area contributed by atoms with Crippen molar-refractivity contribution in [2.24, 2.45) is 0 Å². The first-order valence-electron chi connectivity index (χ1n) is 8.45. The molecule has 1 saturated carbocycles. The fraction of sp³-hybridized carbons (Fsp3) is 0.412. The normalized spacial score (nSPS) is 19.1. The smallest absolute Gasteiger partial charge is 0.293 e. The van der Waals surface area contributed by atoms with E-state index < -0.39 is 10.0 Å². The Morgan fingerprint density at radius 3 is 2.84 bits per heavy atom. The monoisotopic (exact) mass is 360 g/mol. The second kappa shape index (κ2) is 6.18. The van der Waals surface area contributed by atoms with E-state index >= 15 is 0 Å². The van der Waals surface area contributed by atoms with Gasteiger partial charge in [0.05, 0.1) is 11.4 Å². The van der Waals surface area contributed by atoms with Gasteiger partial charge in [0.15, 0.2) is 5.82 Å². The summed E-state index contributed by atoms with van der Waals surface area (Å²) in [5, 5.41) is 3.08. The zero-order valence-corrected chi connectivity index (χ0v) is 14.6. The van der Waals surface area contributed by atoms with Crippen LogP contribution in [0.15, 0.2) is 41.5 Å². The molecule has 0 spiro atoms. The molecular formula is C17H20N4O3S. The summed E-state index contributed by atoms with van der Waals surface area (Å²) in [5.41, 5.74) is 1.47. The van der Waals surface area contributed by atoms with Crippen LogP contribution in [-0.4, -0.2) is 30.3 Å². The topological polar surface area (TPSA) is 84.3 Å². The van der Waals surface area contributed by atoms with Crippen molar-refractivity contribution in [3.63, 3.8) is 0 Å². The number of nitrogens with one attached hydrogen (secondary N) is 1. The Kier molecular flexibility index (Phi) is 3.99. The van der Waals surface area contributed by atoms with Gasteiger partial charge in [-0.3, -0.25) is 9.10 Å². The standard InChI is InChI=1S/C17H20N4O3S/c22-17-16(18-7-9-20(17)14-5-6-14)19-12-13-3-1-4-15(11-13)21-8-2-10-25(21,23)24/h1,3-4,7,9,11,14H,2,5-6,8,10,12H2,(H,18,19). The number of hydrogen-bond acceptors (Lipinski definition) is 5. The summed E-state index contributed by atoms with van der Waals surface area (Å²) < 4.78 is 27.3. The fourth-order valence-electron chi connectivity index (χ4n) is 3.12. The molecule has 4 rings (SSSR count). The molecular weight excluding hydrogens is 340 g/mol. The maximum absolute atomic E-state index is 12.4. The number of aromatic nitrogens is 2. The number of sulfonamides is 1. The van der Waals surface area contributed by atoms with Crippen molar-refractivity contribution < 1.29 is 8.42 Å². The second-order valence-corrected chi connectivity index (χ2v) is 8.50. The number of anilines is 2. The predicted molar refractivity (Wildman–Crippen MR) is 96.3 cm³/mol. The lowest BCUT2D eigenvalue weighted by Crippen LogP contribution is -2.25. The van der Waals surface area contributed by atoms with Gasteiger partial charge < -0.3 is 9.88 Å². The van der Waals surface area contributed by atoms with E-state index in [9.17, 15) is 13.2 Å². The lowest BCUT2D eigenvalue weighted by atomic mass is 10.2. The molecule has 132 valence electrons. The van der Waals surface area contributed by atoms with E-state index in [2.05, 4.69) is 10.3 Å². The average molecular weight is 360 g/mol. The summed E-state index contributed by atoms with van der Waals surface area (Å²) in [6.07, 6.45) is 6.09. The number of rotatable bonds is 5. The Hall–Kier alpha value is -2.35. The molecule has 0 bridgehead atoms. The Labute approximate surface area is 146 Å². The van der Waals surface area contributed by atoms with Crippen molar-refractivity contribution in [1.29, 1.82) is 0 Å². The third-order valence-electron chi connectivity index (χ3n) is 4.57. The van der Waals surface area contributed by atoms with Crippen LogP contribution in [0.4, 0.5) is 11.5 Å². The molecule has 1 saturated heterocycles. The average Bonchev–Trinajstić information content (AvgIpc) is 3.37. The minimum atomic E-state index is -3.19. The van der Waals surface area contributed by atoms with Crippen molar-refractivity contribution >= 4 is 21.5 Å². The summed E-state index contributed by atoms with van der Waals surface area (Å²) in [6, 6.07) is 7.69. The predicted octanol–water partition coefficient (Wildman–Crippen LogP) is 1.73. The molecule has 1 aliphatic heterocycles. The fourth-order valence-corrected chi connectivity index (χ4v) is 4.68. The molecule has 2 heterocycles. The van der Waals surface area contributed by atoms with Crippen LogP contribution in [0.1, 0.15) is 30.9 Å². The van der Waals surface area contributed by atoms with Crippen LogP contribution in [0.5, 0.6) is 0 Å². The van der Waals surface area contributed by atoms with E-state index in [1.165, 1.54) is 4.31 Å². The zero-order chi connectivity index (χ0) is 17.4. The van der Waals surface area contributed by atoms with Crippen LogP contribution in [0.25, 0.3) is 0 Å². The van der Waals surface area contributed by atoms with E-state index in [1.807, 2.05) is 18.2 Å². The van der Waals surface area contributed by atoms with Gasteiger partial charge in [0.1, 0.15) is 0 Å². The summed E-state index contributed by atoms with van der Waals surface area (Å²) in [7, 11) is -3.19. The Morgan fingerprint density at radius 2 is 2.12 bits per heavy atom. The number of benzene rings is 1. The molecule has 8 heteroatoms. The summed E-state index contributed by atoms with van der Waals surface area (Å²) in [4.78, 5) is 16.5. The largest absolute Gasteiger partial charge is 0.361 e.